The highest BCUT2D eigenvalue weighted by Crippen LogP contribution is 2.67. The zero-order valence-electron chi connectivity index (χ0n) is 21.0. The van der Waals surface area contributed by atoms with E-state index >= 15 is 0 Å². The van der Waals surface area contributed by atoms with Crippen LogP contribution in [0.2, 0.25) is 0 Å². The van der Waals surface area contributed by atoms with Gasteiger partial charge in [0.2, 0.25) is 0 Å². The van der Waals surface area contributed by atoms with Gasteiger partial charge in [0.15, 0.2) is 5.79 Å². The lowest BCUT2D eigenvalue weighted by Crippen LogP contribution is -2.53. The molecule has 31 heavy (non-hydrogen) atoms. The van der Waals surface area contributed by atoms with E-state index in [1.165, 1.54) is 37.7 Å². The van der Waals surface area contributed by atoms with Crippen molar-refractivity contribution >= 4 is 0 Å². The fourth-order valence-corrected chi connectivity index (χ4v) is 8.73. The molecule has 0 aliphatic heterocycles. The van der Waals surface area contributed by atoms with Crippen molar-refractivity contribution in [3.05, 3.63) is 11.6 Å². The van der Waals surface area contributed by atoms with Gasteiger partial charge in [-0.25, -0.2) is 0 Å². The Hall–Kier alpha value is -0.380. The third kappa shape index (κ3) is 3.95. The van der Waals surface area contributed by atoms with Crippen LogP contribution >= 0.6 is 0 Å². The quantitative estimate of drug-likeness (QED) is 0.381. The first-order chi connectivity index (χ1) is 14.5. The zero-order valence-corrected chi connectivity index (χ0v) is 21.0. The topological polar surface area (TPSA) is 49.7 Å². The fourth-order valence-electron chi connectivity index (χ4n) is 8.73. The largest absolute Gasteiger partial charge is 0.393 e. The summed E-state index contributed by atoms with van der Waals surface area (Å²) in [5.74, 6) is 3.07. The van der Waals surface area contributed by atoms with E-state index < -0.39 is 5.79 Å². The van der Waals surface area contributed by atoms with Gasteiger partial charge >= 0.3 is 0 Å². The van der Waals surface area contributed by atoms with Crippen molar-refractivity contribution in [2.24, 2.45) is 46.3 Å². The van der Waals surface area contributed by atoms with Crippen LogP contribution in [-0.2, 0) is 4.74 Å². The molecule has 0 spiro atoms. The average Bonchev–Trinajstić information content (AvgIpc) is 3.09. The van der Waals surface area contributed by atoms with Crippen molar-refractivity contribution in [1.29, 1.82) is 0 Å². The number of hydrogen-bond donors (Lipinski definition) is 2. The molecule has 3 nitrogen and oxygen atoms in total. The zero-order chi connectivity index (χ0) is 22.6. The Kier molecular flexibility index (Phi) is 6.47. The van der Waals surface area contributed by atoms with Gasteiger partial charge in [-0.3, -0.25) is 0 Å². The Bertz CT molecular complexity index is 686. The van der Waals surface area contributed by atoms with Crippen molar-refractivity contribution in [3.63, 3.8) is 0 Å². The summed E-state index contributed by atoms with van der Waals surface area (Å²) in [6.07, 6.45) is 13.3. The number of rotatable bonds is 6. The third-order valence-electron chi connectivity index (χ3n) is 10.9. The van der Waals surface area contributed by atoms with E-state index in [9.17, 15) is 10.2 Å². The molecular formula is C28H48O3. The highest BCUT2D eigenvalue weighted by atomic mass is 16.6. The molecule has 4 rings (SSSR count). The predicted octanol–water partition coefficient (Wildman–Crippen LogP) is 6.33. The Labute approximate surface area is 191 Å². The fraction of sp³-hybridized carbons (Fsp3) is 0.929. The maximum atomic E-state index is 11.0. The van der Waals surface area contributed by atoms with E-state index in [0.29, 0.717) is 29.6 Å². The molecule has 0 aromatic carbocycles. The van der Waals surface area contributed by atoms with E-state index in [2.05, 4.69) is 40.7 Å². The summed E-state index contributed by atoms with van der Waals surface area (Å²) in [5.41, 5.74) is 2.07. The number of allylic oxidation sites excluding steroid dienone is 1. The van der Waals surface area contributed by atoms with Crippen LogP contribution < -0.4 is 0 Å². The van der Waals surface area contributed by atoms with E-state index in [4.69, 9.17) is 4.74 Å². The van der Waals surface area contributed by atoms with E-state index in [-0.39, 0.29) is 11.5 Å². The summed E-state index contributed by atoms with van der Waals surface area (Å²) < 4.78 is 5.48. The van der Waals surface area contributed by atoms with E-state index in [0.717, 1.165) is 43.4 Å². The number of fused-ring (bicyclic) bond motifs is 5. The molecule has 0 bridgehead atoms. The normalized spacial score (nSPS) is 46.7. The van der Waals surface area contributed by atoms with Crippen molar-refractivity contribution in [1.82, 2.24) is 0 Å². The first-order valence-corrected chi connectivity index (χ1v) is 13.2. The molecule has 0 heterocycles. The monoisotopic (exact) mass is 432 g/mol. The second-order valence-electron chi connectivity index (χ2n) is 12.7. The molecule has 2 N–H and O–H groups in total. The van der Waals surface area contributed by atoms with Crippen LogP contribution in [0.25, 0.3) is 0 Å². The van der Waals surface area contributed by atoms with Crippen LogP contribution in [0, 0.1) is 46.3 Å². The lowest BCUT2D eigenvalue weighted by atomic mass is 9.46. The minimum absolute atomic E-state index is 0.152. The lowest BCUT2D eigenvalue weighted by molar-refractivity contribution is -0.209. The first kappa shape index (κ1) is 23.8. The van der Waals surface area contributed by atoms with E-state index in [1.807, 2.05) is 0 Å². The van der Waals surface area contributed by atoms with Gasteiger partial charge in [-0.05, 0) is 97.7 Å². The van der Waals surface area contributed by atoms with Gasteiger partial charge in [-0.15, -0.1) is 0 Å². The summed E-state index contributed by atoms with van der Waals surface area (Å²) >= 11 is 0. The highest BCUT2D eigenvalue weighted by Gasteiger charge is 2.60. The molecule has 3 heteroatoms. The van der Waals surface area contributed by atoms with Gasteiger partial charge in [0.25, 0.3) is 0 Å². The molecule has 0 radical (unpaired) electrons. The summed E-state index contributed by atoms with van der Waals surface area (Å²) in [7, 11) is 1.65. The van der Waals surface area contributed by atoms with E-state index in [1.54, 1.807) is 7.11 Å². The smallest absolute Gasteiger partial charge is 0.168 e. The number of methoxy groups -OCH3 is 1. The minimum Gasteiger partial charge on any atom is -0.393 e. The first-order valence-electron chi connectivity index (χ1n) is 13.2. The lowest BCUT2D eigenvalue weighted by Gasteiger charge is -2.59. The Morgan fingerprint density at radius 2 is 1.77 bits per heavy atom. The molecule has 0 amide bonds. The number of aliphatic hydroxyl groups excluding tert-OH is 1. The Balaban J connectivity index is 1.52. The molecule has 4 aliphatic rings. The second-order valence-corrected chi connectivity index (χ2v) is 12.7. The maximum absolute atomic E-state index is 11.0. The highest BCUT2D eigenvalue weighted by molar-refractivity contribution is 5.26. The van der Waals surface area contributed by atoms with Gasteiger partial charge in [0.1, 0.15) is 0 Å². The molecule has 0 aromatic heterocycles. The molecular weight excluding hydrogens is 384 g/mol. The number of hydrogen-bond acceptors (Lipinski definition) is 3. The van der Waals surface area contributed by atoms with Crippen LogP contribution in [0.3, 0.4) is 0 Å². The van der Waals surface area contributed by atoms with Crippen molar-refractivity contribution in [3.8, 4) is 0 Å². The van der Waals surface area contributed by atoms with Crippen molar-refractivity contribution in [2.75, 3.05) is 7.11 Å². The van der Waals surface area contributed by atoms with Gasteiger partial charge in [0.05, 0.1) is 6.10 Å². The molecule has 0 aromatic rings. The average molecular weight is 433 g/mol. The Morgan fingerprint density at radius 3 is 2.45 bits per heavy atom. The van der Waals surface area contributed by atoms with Crippen molar-refractivity contribution in [2.45, 2.75) is 111 Å². The molecule has 3 saturated carbocycles. The molecule has 178 valence electrons. The number of aliphatic hydroxyl groups is 2. The van der Waals surface area contributed by atoms with Crippen LogP contribution in [0.15, 0.2) is 11.6 Å². The minimum atomic E-state index is -0.957. The van der Waals surface area contributed by atoms with Gasteiger partial charge in [0, 0.05) is 20.0 Å². The SMILES string of the molecule is CO[C@]1(O)CC[C@@]2(C)C(=CC[C@H]3[C@@H]4CC[C@H]([C@H](C)[C@@H](O)CCC(C)C)[C@@]4(C)CC[C@@H]32)C1. The molecule has 0 unspecified atom stereocenters. The summed E-state index contributed by atoms with van der Waals surface area (Å²) in [6, 6.07) is 0. The van der Waals surface area contributed by atoms with Crippen molar-refractivity contribution < 1.29 is 14.9 Å². The molecule has 9 atom stereocenters. The van der Waals surface area contributed by atoms with Crippen LogP contribution in [0.1, 0.15) is 98.8 Å². The van der Waals surface area contributed by atoms with Gasteiger partial charge in [-0.1, -0.05) is 46.3 Å². The third-order valence-corrected chi connectivity index (χ3v) is 10.9. The standard InChI is InChI=1S/C28H48O3/c1-18(2)7-12-25(29)19(3)22-10-11-23-21-9-8-20-17-28(30,31-6)16-15-26(20,4)24(21)13-14-27(22,23)5/h8,18-19,21-25,29-30H,7,9-17H2,1-6H3/t19-,21-,22+,23-,24-,25-,26-,27+,28+/m0/s1. The molecule has 3 fully saturated rings. The van der Waals surface area contributed by atoms with Gasteiger partial charge in [-0.2, -0.15) is 0 Å². The van der Waals surface area contributed by atoms with Crippen LogP contribution in [-0.4, -0.2) is 29.2 Å². The number of ether oxygens (including phenoxy) is 1. The molecule has 4 aliphatic carbocycles. The predicted molar refractivity (Wildman–Crippen MR) is 126 cm³/mol. The second kappa shape index (κ2) is 8.44. The van der Waals surface area contributed by atoms with Crippen LogP contribution in [0.4, 0.5) is 0 Å². The molecule has 0 saturated heterocycles. The Morgan fingerprint density at radius 1 is 1.03 bits per heavy atom. The van der Waals surface area contributed by atoms with Crippen LogP contribution in [0.5, 0.6) is 0 Å². The summed E-state index contributed by atoms with van der Waals surface area (Å²) in [6.45, 7) is 11.9. The van der Waals surface area contributed by atoms with Gasteiger partial charge < -0.3 is 14.9 Å². The summed E-state index contributed by atoms with van der Waals surface area (Å²) in [4.78, 5) is 0. The maximum Gasteiger partial charge on any atom is 0.168 e. The summed E-state index contributed by atoms with van der Waals surface area (Å²) in [5, 5.41) is 21.7.